The summed E-state index contributed by atoms with van der Waals surface area (Å²) < 4.78 is 62.5. The normalized spacial score (nSPS) is 12.1. The first-order valence-corrected chi connectivity index (χ1v) is 12.8. The molecule has 0 spiro atoms. The van der Waals surface area contributed by atoms with Crippen molar-refractivity contribution in [2.24, 2.45) is 0 Å². The molecule has 0 bridgehead atoms. The number of hydrogen-bond donors (Lipinski definition) is 0. The average molecular weight is 483 g/mol. The maximum Gasteiger partial charge on any atom is 0.340 e. The molecule has 0 aliphatic rings. The number of ether oxygens (including phenoxy) is 1. The minimum Gasteiger partial charge on any atom is -0.465 e. The molecule has 0 unspecified atom stereocenters. The Morgan fingerprint density at radius 3 is 2.31 bits per heavy atom. The lowest BCUT2D eigenvalue weighted by Gasteiger charge is -2.21. The van der Waals surface area contributed by atoms with Gasteiger partial charge in [-0.05, 0) is 51.1 Å². The second-order valence-electron chi connectivity index (χ2n) is 6.77. The van der Waals surface area contributed by atoms with Crippen LogP contribution in [0.5, 0.6) is 0 Å². The van der Waals surface area contributed by atoms with Crippen molar-refractivity contribution < 1.29 is 35.6 Å². The molecule has 3 aromatic rings. The van der Waals surface area contributed by atoms with Crippen LogP contribution in [0.4, 0.5) is 5.69 Å². The fourth-order valence-corrected chi connectivity index (χ4v) is 5.65. The standard InChI is InChI=1S/C20H22N2O8S2/c1-5-31(25,26)21-13(3)18(20(24)29-4)15-12-14(9-10-16(15)21)22(32(27,28)6-2)19(23)17-8-7-11-30-17/h7-12H,5-6H2,1-4H3. The second-order valence-corrected chi connectivity index (χ2v) is 11.0. The molecular weight excluding hydrogens is 460 g/mol. The number of nitrogens with zero attached hydrogens (tertiary/aromatic N) is 2. The van der Waals surface area contributed by atoms with Crippen molar-refractivity contribution in [1.82, 2.24) is 3.97 Å². The Bertz CT molecular complexity index is 1400. The molecule has 0 radical (unpaired) electrons. The first-order chi connectivity index (χ1) is 15.0. The summed E-state index contributed by atoms with van der Waals surface area (Å²) in [4.78, 5) is 25.4. The van der Waals surface area contributed by atoms with Gasteiger partial charge in [-0.3, -0.25) is 4.79 Å². The van der Waals surface area contributed by atoms with Crippen LogP contribution in [0.2, 0.25) is 0 Å². The van der Waals surface area contributed by atoms with Crippen LogP contribution in [0, 0.1) is 6.92 Å². The number of benzene rings is 1. The van der Waals surface area contributed by atoms with E-state index in [1.54, 1.807) is 0 Å². The fourth-order valence-electron chi connectivity index (χ4n) is 3.39. The predicted molar refractivity (Wildman–Crippen MR) is 118 cm³/mol. The Kier molecular flexibility index (Phi) is 6.20. The SMILES string of the molecule is CCS(=O)(=O)N(C(=O)c1ccco1)c1ccc2c(c1)c(C(=O)OC)c(C)n2S(=O)(=O)CC. The van der Waals surface area contributed by atoms with Gasteiger partial charge in [0.15, 0.2) is 5.76 Å². The lowest BCUT2D eigenvalue weighted by molar-refractivity contribution is 0.0602. The third-order valence-corrected chi connectivity index (χ3v) is 8.38. The summed E-state index contributed by atoms with van der Waals surface area (Å²) in [7, 11) is -6.75. The number of esters is 1. The number of hydrogen-bond acceptors (Lipinski definition) is 8. The Morgan fingerprint density at radius 2 is 1.78 bits per heavy atom. The van der Waals surface area contributed by atoms with Gasteiger partial charge in [0.2, 0.25) is 20.0 Å². The van der Waals surface area contributed by atoms with Gasteiger partial charge in [-0.2, -0.15) is 0 Å². The summed E-state index contributed by atoms with van der Waals surface area (Å²) in [6.07, 6.45) is 1.24. The highest BCUT2D eigenvalue weighted by atomic mass is 32.2. The zero-order valence-corrected chi connectivity index (χ0v) is 19.5. The number of sulfonamides is 1. The monoisotopic (exact) mass is 482 g/mol. The zero-order valence-electron chi connectivity index (χ0n) is 17.9. The number of amides is 1. The van der Waals surface area contributed by atoms with Crippen molar-refractivity contribution in [3.8, 4) is 0 Å². The molecule has 10 nitrogen and oxygen atoms in total. The van der Waals surface area contributed by atoms with E-state index in [0.29, 0.717) is 4.31 Å². The molecule has 12 heteroatoms. The minimum absolute atomic E-state index is 0.0410. The number of furan rings is 1. The van der Waals surface area contributed by atoms with Crippen molar-refractivity contribution in [3.05, 3.63) is 53.6 Å². The maximum atomic E-state index is 13.0. The molecule has 0 atom stereocenters. The van der Waals surface area contributed by atoms with Crippen LogP contribution < -0.4 is 4.31 Å². The number of anilines is 1. The molecule has 0 fully saturated rings. The van der Waals surface area contributed by atoms with Crippen molar-refractivity contribution in [2.45, 2.75) is 20.8 Å². The predicted octanol–water partition coefficient (Wildman–Crippen LogP) is 2.52. The highest BCUT2D eigenvalue weighted by molar-refractivity contribution is 7.93. The molecule has 2 aromatic heterocycles. The Morgan fingerprint density at radius 1 is 1.09 bits per heavy atom. The number of rotatable bonds is 7. The van der Waals surface area contributed by atoms with Crippen molar-refractivity contribution >= 4 is 48.5 Å². The van der Waals surface area contributed by atoms with Crippen LogP contribution in [0.3, 0.4) is 0 Å². The molecular formula is C20H22N2O8S2. The summed E-state index contributed by atoms with van der Waals surface area (Å²) in [5, 5.41) is 0.132. The molecule has 172 valence electrons. The van der Waals surface area contributed by atoms with Gasteiger partial charge in [-0.1, -0.05) is 0 Å². The summed E-state index contributed by atoms with van der Waals surface area (Å²) in [5.74, 6) is -2.53. The van der Waals surface area contributed by atoms with Gasteiger partial charge in [0.25, 0.3) is 0 Å². The van der Waals surface area contributed by atoms with E-state index in [0.717, 1.165) is 11.1 Å². The Hall–Kier alpha value is -3.12. The Labute approximate surface area is 185 Å². The number of fused-ring (bicyclic) bond motifs is 1. The maximum absolute atomic E-state index is 13.0. The van der Waals surface area contributed by atoms with Crippen LogP contribution in [0.15, 0.2) is 41.0 Å². The average Bonchev–Trinajstić information content (AvgIpc) is 3.39. The molecule has 0 saturated carbocycles. The molecule has 32 heavy (non-hydrogen) atoms. The number of methoxy groups -OCH3 is 1. The lowest BCUT2D eigenvalue weighted by Crippen LogP contribution is -2.37. The van der Waals surface area contributed by atoms with Crippen LogP contribution >= 0.6 is 0 Å². The van der Waals surface area contributed by atoms with E-state index < -0.39 is 31.9 Å². The second kappa shape index (κ2) is 8.43. The third kappa shape index (κ3) is 3.79. The van der Waals surface area contributed by atoms with Crippen LogP contribution in [0.25, 0.3) is 10.9 Å². The van der Waals surface area contributed by atoms with E-state index in [1.165, 1.54) is 57.4 Å². The summed E-state index contributed by atoms with van der Waals surface area (Å²) >= 11 is 0. The molecule has 3 rings (SSSR count). The minimum atomic E-state index is -4.10. The molecule has 0 aliphatic carbocycles. The van der Waals surface area contributed by atoms with Gasteiger partial charge in [0.1, 0.15) is 0 Å². The number of carbonyl (C=O) groups is 2. The van der Waals surface area contributed by atoms with Gasteiger partial charge in [0.05, 0.1) is 41.6 Å². The first kappa shape index (κ1) is 23.5. The summed E-state index contributed by atoms with van der Waals surface area (Å²) in [6.45, 7) is 4.29. The van der Waals surface area contributed by atoms with Crippen molar-refractivity contribution in [3.63, 3.8) is 0 Å². The van der Waals surface area contributed by atoms with E-state index >= 15 is 0 Å². The molecule has 0 N–H and O–H groups in total. The fraction of sp³-hybridized carbons (Fsp3) is 0.300. The van der Waals surface area contributed by atoms with Crippen LogP contribution in [0.1, 0.15) is 40.5 Å². The third-order valence-electron chi connectivity index (χ3n) is 4.96. The van der Waals surface area contributed by atoms with Gasteiger partial charge in [0, 0.05) is 11.1 Å². The van der Waals surface area contributed by atoms with E-state index in [1.807, 2.05) is 0 Å². The molecule has 0 aliphatic heterocycles. The quantitative estimate of drug-likeness (QED) is 0.469. The van der Waals surface area contributed by atoms with E-state index in [-0.39, 0.29) is 45.1 Å². The van der Waals surface area contributed by atoms with Crippen molar-refractivity contribution in [1.29, 1.82) is 0 Å². The Balaban J connectivity index is 2.37. The summed E-state index contributed by atoms with van der Waals surface area (Å²) in [5.41, 5.74) is 0.165. The van der Waals surface area contributed by atoms with Gasteiger partial charge >= 0.3 is 11.9 Å². The van der Waals surface area contributed by atoms with E-state index in [2.05, 4.69) is 0 Å². The first-order valence-electron chi connectivity index (χ1n) is 9.57. The van der Waals surface area contributed by atoms with Gasteiger partial charge in [-0.25, -0.2) is 29.9 Å². The van der Waals surface area contributed by atoms with Crippen LogP contribution in [-0.2, 0) is 24.8 Å². The molecule has 2 heterocycles. The molecule has 1 amide bonds. The smallest absolute Gasteiger partial charge is 0.340 e. The zero-order chi connectivity index (χ0) is 23.8. The lowest BCUT2D eigenvalue weighted by atomic mass is 10.1. The highest BCUT2D eigenvalue weighted by Gasteiger charge is 2.32. The highest BCUT2D eigenvalue weighted by Crippen LogP contribution is 2.33. The summed E-state index contributed by atoms with van der Waals surface area (Å²) in [6, 6.07) is 6.71. The number of carbonyl (C=O) groups excluding carboxylic acids is 2. The van der Waals surface area contributed by atoms with Crippen LogP contribution in [-0.4, -0.2) is 51.3 Å². The van der Waals surface area contributed by atoms with Gasteiger partial charge < -0.3 is 9.15 Å². The van der Waals surface area contributed by atoms with E-state index in [4.69, 9.17) is 9.15 Å². The van der Waals surface area contributed by atoms with E-state index in [9.17, 15) is 26.4 Å². The van der Waals surface area contributed by atoms with Crippen molar-refractivity contribution in [2.75, 3.05) is 22.9 Å². The molecule has 0 saturated heterocycles. The molecule has 1 aromatic carbocycles. The topological polar surface area (TPSA) is 133 Å². The van der Waals surface area contributed by atoms with Gasteiger partial charge in [-0.15, -0.1) is 0 Å². The largest absolute Gasteiger partial charge is 0.465 e. The number of aromatic nitrogens is 1.